The van der Waals surface area contributed by atoms with Crippen LogP contribution in [0.3, 0.4) is 0 Å². The highest BCUT2D eigenvalue weighted by molar-refractivity contribution is 7.99. The third-order valence-corrected chi connectivity index (χ3v) is 2.49. The number of thioether (sulfide) groups is 1. The van der Waals surface area contributed by atoms with E-state index in [1.54, 1.807) is 24.2 Å². The van der Waals surface area contributed by atoms with Crippen molar-refractivity contribution in [3.63, 3.8) is 0 Å². The SMILES string of the molecule is CN(C)CCSc1ncc(CO)cn1. The third kappa shape index (κ3) is 4.04. The Bertz CT molecular complexity index is 263. The van der Waals surface area contributed by atoms with Crippen molar-refractivity contribution in [3.05, 3.63) is 18.0 Å². The number of aliphatic hydroxyl groups is 1. The molecular formula is C9H15N3OS. The van der Waals surface area contributed by atoms with Gasteiger partial charge in [0.05, 0.1) is 6.61 Å². The van der Waals surface area contributed by atoms with Crippen LogP contribution in [0.5, 0.6) is 0 Å². The Morgan fingerprint density at radius 2 is 2.00 bits per heavy atom. The first-order valence-electron chi connectivity index (χ1n) is 4.41. The predicted molar refractivity (Wildman–Crippen MR) is 57.2 cm³/mol. The fraction of sp³-hybridized carbons (Fsp3) is 0.556. The quantitative estimate of drug-likeness (QED) is 0.574. The average Bonchev–Trinajstić information content (AvgIpc) is 2.18. The van der Waals surface area contributed by atoms with Crippen LogP contribution in [-0.4, -0.2) is 46.4 Å². The standard InChI is InChI=1S/C9H15N3OS/c1-12(2)3-4-14-9-10-5-8(7-13)6-11-9/h5-6,13H,3-4,7H2,1-2H3. The second-order valence-electron chi connectivity index (χ2n) is 3.18. The molecule has 0 spiro atoms. The fourth-order valence-corrected chi connectivity index (χ4v) is 1.71. The van der Waals surface area contributed by atoms with Crippen molar-refractivity contribution in [2.45, 2.75) is 11.8 Å². The summed E-state index contributed by atoms with van der Waals surface area (Å²) in [6.45, 7) is 1.01. The topological polar surface area (TPSA) is 49.2 Å². The highest BCUT2D eigenvalue weighted by Crippen LogP contribution is 2.11. The van der Waals surface area contributed by atoms with Gasteiger partial charge in [0.1, 0.15) is 0 Å². The molecule has 0 amide bonds. The molecule has 1 N–H and O–H groups in total. The maximum Gasteiger partial charge on any atom is 0.187 e. The summed E-state index contributed by atoms with van der Waals surface area (Å²) in [6, 6.07) is 0. The van der Waals surface area contributed by atoms with E-state index in [-0.39, 0.29) is 6.61 Å². The molecule has 1 aromatic heterocycles. The van der Waals surface area contributed by atoms with Crippen LogP contribution >= 0.6 is 11.8 Å². The van der Waals surface area contributed by atoms with E-state index in [1.807, 2.05) is 14.1 Å². The molecule has 0 atom stereocenters. The summed E-state index contributed by atoms with van der Waals surface area (Å²) in [5, 5.41) is 9.55. The van der Waals surface area contributed by atoms with E-state index >= 15 is 0 Å². The Balaban J connectivity index is 2.36. The van der Waals surface area contributed by atoms with Gasteiger partial charge in [0.15, 0.2) is 5.16 Å². The maximum absolute atomic E-state index is 8.78. The Morgan fingerprint density at radius 1 is 1.36 bits per heavy atom. The molecule has 0 fully saturated rings. The first-order valence-corrected chi connectivity index (χ1v) is 5.40. The molecule has 0 aliphatic rings. The van der Waals surface area contributed by atoms with Crippen LogP contribution in [0.1, 0.15) is 5.56 Å². The first kappa shape index (κ1) is 11.4. The number of rotatable bonds is 5. The number of hydrogen-bond donors (Lipinski definition) is 1. The van der Waals surface area contributed by atoms with Gasteiger partial charge in [0.25, 0.3) is 0 Å². The van der Waals surface area contributed by atoms with Crippen LogP contribution in [0, 0.1) is 0 Å². The number of aromatic nitrogens is 2. The van der Waals surface area contributed by atoms with Crippen molar-refractivity contribution in [1.29, 1.82) is 0 Å². The third-order valence-electron chi connectivity index (χ3n) is 1.63. The van der Waals surface area contributed by atoms with Crippen LogP contribution in [-0.2, 0) is 6.61 Å². The van der Waals surface area contributed by atoms with E-state index < -0.39 is 0 Å². The van der Waals surface area contributed by atoms with Crippen molar-refractivity contribution in [2.24, 2.45) is 0 Å². The lowest BCUT2D eigenvalue weighted by molar-refractivity contribution is 0.280. The molecule has 0 radical (unpaired) electrons. The minimum atomic E-state index is 0.00262. The minimum absolute atomic E-state index is 0.00262. The van der Waals surface area contributed by atoms with Gasteiger partial charge in [-0.25, -0.2) is 9.97 Å². The number of aliphatic hydroxyl groups excluding tert-OH is 1. The first-order chi connectivity index (χ1) is 6.72. The van der Waals surface area contributed by atoms with Crippen LogP contribution in [0.25, 0.3) is 0 Å². The summed E-state index contributed by atoms with van der Waals surface area (Å²) >= 11 is 1.62. The lowest BCUT2D eigenvalue weighted by Crippen LogP contribution is -2.14. The van der Waals surface area contributed by atoms with Gasteiger partial charge in [-0.15, -0.1) is 0 Å². The second-order valence-corrected chi connectivity index (χ2v) is 4.25. The highest BCUT2D eigenvalue weighted by atomic mass is 32.2. The molecule has 1 aromatic rings. The van der Waals surface area contributed by atoms with E-state index in [0.29, 0.717) is 0 Å². The van der Waals surface area contributed by atoms with E-state index in [9.17, 15) is 0 Å². The highest BCUT2D eigenvalue weighted by Gasteiger charge is 1.98. The summed E-state index contributed by atoms with van der Waals surface area (Å²) in [6.07, 6.45) is 3.32. The molecule has 14 heavy (non-hydrogen) atoms. The van der Waals surface area contributed by atoms with E-state index in [0.717, 1.165) is 23.0 Å². The summed E-state index contributed by atoms with van der Waals surface area (Å²) in [4.78, 5) is 10.4. The van der Waals surface area contributed by atoms with Gasteiger partial charge in [0.2, 0.25) is 0 Å². The van der Waals surface area contributed by atoms with Crippen molar-refractivity contribution >= 4 is 11.8 Å². The van der Waals surface area contributed by atoms with Crippen LogP contribution in [0.15, 0.2) is 17.6 Å². The molecule has 1 rings (SSSR count). The van der Waals surface area contributed by atoms with Crippen LogP contribution in [0.2, 0.25) is 0 Å². The largest absolute Gasteiger partial charge is 0.392 e. The number of hydrogen-bond acceptors (Lipinski definition) is 5. The molecule has 0 bridgehead atoms. The lowest BCUT2D eigenvalue weighted by Gasteiger charge is -2.07. The minimum Gasteiger partial charge on any atom is -0.392 e. The van der Waals surface area contributed by atoms with Gasteiger partial charge >= 0.3 is 0 Å². The van der Waals surface area contributed by atoms with Crippen molar-refractivity contribution in [2.75, 3.05) is 26.4 Å². The Labute approximate surface area is 88.4 Å². The molecule has 5 heteroatoms. The normalized spacial score (nSPS) is 10.9. The molecular weight excluding hydrogens is 198 g/mol. The summed E-state index contributed by atoms with van der Waals surface area (Å²) in [5.41, 5.74) is 0.752. The summed E-state index contributed by atoms with van der Waals surface area (Å²) in [5.74, 6) is 0.978. The number of nitrogens with zero attached hydrogens (tertiary/aromatic N) is 3. The van der Waals surface area contributed by atoms with Gasteiger partial charge < -0.3 is 10.0 Å². The van der Waals surface area contributed by atoms with Crippen molar-refractivity contribution in [3.8, 4) is 0 Å². The predicted octanol–water partition coefficient (Wildman–Crippen LogP) is 0.623. The Kier molecular flexibility index (Phi) is 4.86. The molecule has 0 unspecified atom stereocenters. The monoisotopic (exact) mass is 213 g/mol. The van der Waals surface area contributed by atoms with Crippen molar-refractivity contribution in [1.82, 2.24) is 14.9 Å². The molecule has 0 aliphatic heterocycles. The molecule has 0 aromatic carbocycles. The second kappa shape index (κ2) is 5.95. The molecule has 78 valence electrons. The molecule has 0 saturated heterocycles. The van der Waals surface area contributed by atoms with Gasteiger partial charge in [-0.3, -0.25) is 0 Å². The molecule has 0 saturated carbocycles. The lowest BCUT2D eigenvalue weighted by atomic mass is 10.4. The fourth-order valence-electron chi connectivity index (χ4n) is 0.819. The maximum atomic E-state index is 8.78. The Morgan fingerprint density at radius 3 is 2.50 bits per heavy atom. The molecule has 0 aliphatic carbocycles. The average molecular weight is 213 g/mol. The van der Waals surface area contributed by atoms with Crippen molar-refractivity contribution < 1.29 is 5.11 Å². The summed E-state index contributed by atoms with van der Waals surface area (Å²) in [7, 11) is 4.08. The molecule has 1 heterocycles. The van der Waals surface area contributed by atoms with Gasteiger partial charge in [0, 0.05) is 30.3 Å². The van der Waals surface area contributed by atoms with Gasteiger partial charge in [-0.1, -0.05) is 11.8 Å². The molecule has 4 nitrogen and oxygen atoms in total. The zero-order valence-electron chi connectivity index (χ0n) is 8.47. The zero-order valence-corrected chi connectivity index (χ0v) is 9.29. The van der Waals surface area contributed by atoms with E-state index in [1.165, 1.54) is 0 Å². The van der Waals surface area contributed by atoms with Crippen LogP contribution < -0.4 is 0 Å². The smallest absolute Gasteiger partial charge is 0.187 e. The van der Waals surface area contributed by atoms with Gasteiger partial charge in [-0.05, 0) is 14.1 Å². The van der Waals surface area contributed by atoms with E-state index in [4.69, 9.17) is 5.11 Å². The van der Waals surface area contributed by atoms with E-state index in [2.05, 4.69) is 14.9 Å². The van der Waals surface area contributed by atoms with Gasteiger partial charge in [-0.2, -0.15) is 0 Å². The Hall–Kier alpha value is -0.650. The van der Waals surface area contributed by atoms with Crippen LogP contribution in [0.4, 0.5) is 0 Å². The zero-order chi connectivity index (χ0) is 10.4. The summed E-state index contributed by atoms with van der Waals surface area (Å²) < 4.78 is 0.